The van der Waals surface area contributed by atoms with Crippen molar-refractivity contribution in [3.05, 3.63) is 46.5 Å². The number of hydrogen-bond acceptors (Lipinski definition) is 4. The molecule has 1 amide bonds. The van der Waals surface area contributed by atoms with Crippen molar-refractivity contribution >= 4 is 17.7 Å². The zero-order chi connectivity index (χ0) is 17.2. The molecule has 0 N–H and O–H groups in total. The average Bonchev–Trinajstić information content (AvgIpc) is 2.69. The highest BCUT2D eigenvalue weighted by atomic mass is 32.2. The van der Waals surface area contributed by atoms with E-state index in [0.29, 0.717) is 19.1 Å². The number of benzene rings is 1. The zero-order valence-corrected chi connectivity index (χ0v) is 15.2. The van der Waals surface area contributed by atoms with Gasteiger partial charge in [-0.2, -0.15) is 5.26 Å². The van der Waals surface area contributed by atoms with E-state index in [4.69, 9.17) is 0 Å². The monoisotopic (exact) mass is 353 g/mol. The standard InChI is InChI=1S/C20H23N3OS/c21-12-18-17(15-7-3-1-4-8-15)11-19(24)23-13-22(14-25-20(18)23)16-9-5-2-6-10-16/h1,3-4,7-8,16-17H,2,5-6,9-11,13-14H2/t17-/m0/s1. The summed E-state index contributed by atoms with van der Waals surface area (Å²) in [4.78, 5) is 17.1. The van der Waals surface area contributed by atoms with Gasteiger partial charge in [0, 0.05) is 18.4 Å². The van der Waals surface area contributed by atoms with E-state index in [1.807, 2.05) is 35.2 Å². The Morgan fingerprint density at radius 3 is 2.60 bits per heavy atom. The molecule has 25 heavy (non-hydrogen) atoms. The molecule has 130 valence electrons. The molecule has 5 heteroatoms. The van der Waals surface area contributed by atoms with Gasteiger partial charge in [0.15, 0.2) is 0 Å². The third-order valence-electron chi connectivity index (χ3n) is 5.61. The maximum atomic E-state index is 12.8. The van der Waals surface area contributed by atoms with Crippen LogP contribution in [-0.4, -0.2) is 34.3 Å². The number of amides is 1. The van der Waals surface area contributed by atoms with E-state index in [1.54, 1.807) is 11.8 Å². The molecule has 0 radical (unpaired) electrons. The first-order valence-electron chi connectivity index (χ1n) is 9.14. The Kier molecular flexibility index (Phi) is 4.82. The highest BCUT2D eigenvalue weighted by Gasteiger charge is 2.39. The van der Waals surface area contributed by atoms with Crippen LogP contribution in [0, 0.1) is 11.3 Å². The highest BCUT2D eigenvalue weighted by Crippen LogP contribution is 2.43. The van der Waals surface area contributed by atoms with Crippen LogP contribution in [0.15, 0.2) is 40.9 Å². The molecule has 0 unspecified atom stereocenters. The number of allylic oxidation sites excluding steroid dienone is 1. The largest absolute Gasteiger partial charge is 0.292 e. The number of hydrogen-bond donors (Lipinski definition) is 0. The van der Waals surface area contributed by atoms with Gasteiger partial charge in [-0.05, 0) is 18.4 Å². The molecule has 0 aromatic heterocycles. The van der Waals surface area contributed by atoms with Crippen LogP contribution in [0.5, 0.6) is 0 Å². The van der Waals surface area contributed by atoms with Gasteiger partial charge in [0.05, 0.1) is 29.2 Å². The minimum absolute atomic E-state index is 0.0984. The van der Waals surface area contributed by atoms with E-state index >= 15 is 0 Å². The summed E-state index contributed by atoms with van der Waals surface area (Å²) in [6.07, 6.45) is 6.79. The van der Waals surface area contributed by atoms with Gasteiger partial charge >= 0.3 is 0 Å². The predicted octanol–water partition coefficient (Wildman–Crippen LogP) is 4.03. The second kappa shape index (κ2) is 7.23. The van der Waals surface area contributed by atoms with E-state index in [0.717, 1.165) is 22.0 Å². The lowest BCUT2D eigenvalue weighted by Crippen LogP contribution is -2.51. The summed E-state index contributed by atoms with van der Waals surface area (Å²) < 4.78 is 0. The molecular formula is C20H23N3OS. The molecule has 1 atom stereocenters. The van der Waals surface area contributed by atoms with Crippen LogP contribution in [-0.2, 0) is 4.79 Å². The van der Waals surface area contributed by atoms with Crippen molar-refractivity contribution in [1.29, 1.82) is 5.26 Å². The molecule has 3 aliphatic rings. The molecule has 1 saturated carbocycles. The SMILES string of the molecule is N#CC1=C2SCN(C3CCCCC3)CN2C(=O)C[C@H]1c1ccccc1. The van der Waals surface area contributed by atoms with E-state index < -0.39 is 0 Å². The molecular weight excluding hydrogens is 330 g/mol. The number of rotatable bonds is 2. The Hall–Kier alpha value is -1.77. The van der Waals surface area contributed by atoms with Crippen LogP contribution in [0.1, 0.15) is 50.0 Å². The fourth-order valence-electron chi connectivity index (χ4n) is 4.22. The quantitative estimate of drug-likeness (QED) is 0.805. The molecule has 1 aromatic rings. The van der Waals surface area contributed by atoms with E-state index in [1.165, 1.54) is 32.1 Å². The topological polar surface area (TPSA) is 47.3 Å². The van der Waals surface area contributed by atoms with E-state index in [-0.39, 0.29) is 11.8 Å². The lowest BCUT2D eigenvalue weighted by molar-refractivity contribution is -0.132. The molecule has 1 saturated heterocycles. The fraction of sp³-hybridized carbons (Fsp3) is 0.500. The normalized spacial score (nSPS) is 25.6. The van der Waals surface area contributed by atoms with Crippen molar-refractivity contribution in [3.8, 4) is 6.07 Å². The van der Waals surface area contributed by atoms with Crippen LogP contribution in [0.4, 0.5) is 0 Å². The minimum atomic E-state index is -0.0984. The van der Waals surface area contributed by atoms with Gasteiger partial charge in [-0.1, -0.05) is 61.4 Å². The van der Waals surface area contributed by atoms with Crippen LogP contribution < -0.4 is 0 Å². The second-order valence-corrected chi connectivity index (χ2v) is 8.05. The smallest absolute Gasteiger partial charge is 0.229 e. The van der Waals surface area contributed by atoms with Gasteiger partial charge in [-0.25, -0.2) is 0 Å². The van der Waals surface area contributed by atoms with Crippen molar-refractivity contribution in [2.75, 3.05) is 12.5 Å². The summed E-state index contributed by atoms with van der Waals surface area (Å²) in [6.45, 7) is 0.651. The lowest BCUT2D eigenvalue weighted by Gasteiger charge is -2.44. The van der Waals surface area contributed by atoms with Crippen molar-refractivity contribution < 1.29 is 4.79 Å². The van der Waals surface area contributed by atoms with Crippen LogP contribution in [0.2, 0.25) is 0 Å². The maximum absolute atomic E-state index is 12.8. The summed E-state index contributed by atoms with van der Waals surface area (Å²) in [6, 6.07) is 13.0. The van der Waals surface area contributed by atoms with Gasteiger partial charge in [-0.3, -0.25) is 14.6 Å². The maximum Gasteiger partial charge on any atom is 0.229 e. The molecule has 0 bridgehead atoms. The Bertz CT molecular complexity index is 718. The van der Waals surface area contributed by atoms with Crippen LogP contribution in [0.25, 0.3) is 0 Å². The Morgan fingerprint density at radius 2 is 1.88 bits per heavy atom. The van der Waals surface area contributed by atoms with Crippen molar-refractivity contribution in [1.82, 2.24) is 9.80 Å². The summed E-state index contributed by atoms with van der Waals surface area (Å²) in [7, 11) is 0. The number of thioether (sulfide) groups is 1. The summed E-state index contributed by atoms with van der Waals surface area (Å²) in [5.74, 6) is 0.936. The number of nitrogens with zero attached hydrogens (tertiary/aromatic N) is 3. The third-order valence-corrected chi connectivity index (χ3v) is 6.78. The van der Waals surface area contributed by atoms with Gasteiger partial charge in [0.25, 0.3) is 0 Å². The van der Waals surface area contributed by atoms with Gasteiger partial charge in [0.2, 0.25) is 5.91 Å². The van der Waals surface area contributed by atoms with Crippen molar-refractivity contribution in [3.63, 3.8) is 0 Å². The van der Waals surface area contributed by atoms with Crippen LogP contribution >= 0.6 is 11.8 Å². The summed E-state index contributed by atoms with van der Waals surface area (Å²) in [5, 5.41) is 10.7. The second-order valence-electron chi connectivity index (χ2n) is 7.12. The molecule has 4 nitrogen and oxygen atoms in total. The van der Waals surface area contributed by atoms with Gasteiger partial charge in [-0.15, -0.1) is 0 Å². The Balaban J connectivity index is 1.60. The molecule has 2 fully saturated rings. The predicted molar refractivity (Wildman–Crippen MR) is 99.3 cm³/mol. The molecule has 0 spiro atoms. The fourth-order valence-corrected chi connectivity index (χ4v) is 5.46. The molecule has 2 aliphatic heterocycles. The number of carbonyl (C=O) groups excluding carboxylic acids is 1. The van der Waals surface area contributed by atoms with Crippen molar-refractivity contribution in [2.45, 2.75) is 50.5 Å². The average molecular weight is 353 g/mol. The first kappa shape index (κ1) is 16.7. The van der Waals surface area contributed by atoms with Crippen LogP contribution in [0.3, 0.4) is 0 Å². The number of carbonyl (C=O) groups is 1. The number of nitriles is 1. The van der Waals surface area contributed by atoms with Gasteiger partial charge < -0.3 is 0 Å². The third kappa shape index (κ3) is 3.21. The minimum Gasteiger partial charge on any atom is -0.292 e. The zero-order valence-electron chi connectivity index (χ0n) is 14.4. The van der Waals surface area contributed by atoms with E-state index in [9.17, 15) is 10.1 Å². The summed E-state index contributed by atoms with van der Waals surface area (Å²) >= 11 is 1.67. The lowest BCUT2D eigenvalue weighted by atomic mass is 9.86. The highest BCUT2D eigenvalue weighted by molar-refractivity contribution is 8.03. The molecule has 1 aromatic carbocycles. The summed E-state index contributed by atoms with van der Waals surface area (Å²) in [5.41, 5.74) is 1.83. The number of fused-ring (bicyclic) bond motifs is 1. The Labute approximate surface area is 153 Å². The van der Waals surface area contributed by atoms with Crippen molar-refractivity contribution in [2.24, 2.45) is 0 Å². The molecule has 2 heterocycles. The first-order chi connectivity index (χ1) is 12.3. The van der Waals surface area contributed by atoms with E-state index in [2.05, 4.69) is 11.0 Å². The first-order valence-corrected chi connectivity index (χ1v) is 10.1. The Morgan fingerprint density at radius 1 is 1.12 bits per heavy atom. The molecule has 4 rings (SSSR count). The van der Waals surface area contributed by atoms with Gasteiger partial charge in [0.1, 0.15) is 0 Å². The molecule has 1 aliphatic carbocycles.